The van der Waals surface area contributed by atoms with Crippen molar-refractivity contribution < 1.29 is 19.4 Å². The number of nitrogens with one attached hydrogen (secondary N) is 1. The van der Waals surface area contributed by atoms with Gasteiger partial charge in [-0.25, -0.2) is 14.5 Å². The molecular formula is C16H27N5O4. The van der Waals surface area contributed by atoms with Crippen molar-refractivity contribution in [2.45, 2.75) is 51.7 Å². The lowest BCUT2D eigenvalue weighted by Crippen LogP contribution is -2.52. The molecule has 0 aromatic carbocycles. The van der Waals surface area contributed by atoms with Crippen LogP contribution in [0.3, 0.4) is 0 Å². The van der Waals surface area contributed by atoms with E-state index < -0.39 is 17.1 Å². The van der Waals surface area contributed by atoms with E-state index in [2.05, 4.69) is 10.3 Å². The van der Waals surface area contributed by atoms with E-state index in [0.717, 1.165) is 0 Å². The van der Waals surface area contributed by atoms with Crippen molar-refractivity contribution >= 4 is 12.0 Å². The Kier molecular flexibility index (Phi) is 5.26. The largest absolute Gasteiger partial charge is 0.444 e. The summed E-state index contributed by atoms with van der Waals surface area (Å²) in [5, 5.41) is 13.3. The summed E-state index contributed by atoms with van der Waals surface area (Å²) in [7, 11) is 0. The van der Waals surface area contributed by atoms with Crippen LogP contribution in [0.4, 0.5) is 4.79 Å². The summed E-state index contributed by atoms with van der Waals surface area (Å²) in [5.74, 6) is 5.85. The van der Waals surface area contributed by atoms with E-state index in [9.17, 15) is 14.7 Å². The molecule has 1 aliphatic rings. The van der Waals surface area contributed by atoms with Gasteiger partial charge in [-0.1, -0.05) is 0 Å². The highest BCUT2D eigenvalue weighted by Gasteiger charge is 2.35. The van der Waals surface area contributed by atoms with Crippen molar-refractivity contribution in [2.24, 2.45) is 0 Å². The molecule has 0 radical (unpaired) electrons. The van der Waals surface area contributed by atoms with E-state index in [1.807, 2.05) is 20.8 Å². The highest BCUT2D eigenvalue weighted by atomic mass is 16.6. The number of nitrogens with zero attached hydrogens (tertiary/aromatic N) is 3. The van der Waals surface area contributed by atoms with Crippen LogP contribution in [0.15, 0.2) is 6.20 Å². The fourth-order valence-corrected chi connectivity index (χ4v) is 2.57. The SMILES string of the molecule is Cc1ncc(C(=O)NCC2(O)CCN(C(=O)OC(C)(C)C)CC2)n1N. The molecule has 2 amide bonds. The number of piperidine rings is 1. The number of likely N-dealkylation sites (tertiary alicyclic amines) is 1. The number of aryl methyl sites for hydroxylation is 1. The molecule has 25 heavy (non-hydrogen) atoms. The van der Waals surface area contributed by atoms with Crippen molar-refractivity contribution in [1.82, 2.24) is 19.9 Å². The van der Waals surface area contributed by atoms with Gasteiger partial charge in [-0.15, -0.1) is 0 Å². The lowest BCUT2D eigenvalue weighted by atomic mass is 9.91. The number of imidazole rings is 1. The van der Waals surface area contributed by atoms with Crippen molar-refractivity contribution in [3.05, 3.63) is 17.7 Å². The molecule has 1 aliphatic heterocycles. The van der Waals surface area contributed by atoms with Gasteiger partial charge >= 0.3 is 6.09 Å². The Labute approximate surface area is 147 Å². The zero-order chi connectivity index (χ0) is 18.8. The second kappa shape index (κ2) is 6.91. The van der Waals surface area contributed by atoms with E-state index in [-0.39, 0.29) is 18.3 Å². The maximum Gasteiger partial charge on any atom is 0.410 e. The maximum atomic E-state index is 12.1. The number of rotatable bonds is 3. The molecule has 2 heterocycles. The third-order valence-corrected chi connectivity index (χ3v) is 4.14. The number of amides is 2. The number of hydrogen-bond donors (Lipinski definition) is 3. The summed E-state index contributed by atoms with van der Waals surface area (Å²) in [5.41, 5.74) is -1.39. The fourth-order valence-electron chi connectivity index (χ4n) is 2.57. The first kappa shape index (κ1) is 19.0. The van der Waals surface area contributed by atoms with Crippen LogP contribution < -0.4 is 11.2 Å². The molecule has 2 rings (SSSR count). The van der Waals surface area contributed by atoms with Crippen LogP contribution in [0, 0.1) is 6.92 Å². The number of aliphatic hydroxyl groups is 1. The van der Waals surface area contributed by atoms with Crippen molar-refractivity contribution in [1.29, 1.82) is 0 Å². The molecule has 1 fully saturated rings. The average Bonchev–Trinajstić information content (AvgIpc) is 2.84. The summed E-state index contributed by atoms with van der Waals surface area (Å²) in [6.07, 6.45) is 1.71. The van der Waals surface area contributed by atoms with Gasteiger partial charge in [0.15, 0.2) is 0 Å². The third kappa shape index (κ3) is 4.85. The average molecular weight is 353 g/mol. The van der Waals surface area contributed by atoms with Crippen LogP contribution in [0.25, 0.3) is 0 Å². The van der Waals surface area contributed by atoms with Crippen LogP contribution in [-0.4, -0.2) is 62.5 Å². The monoisotopic (exact) mass is 353 g/mol. The van der Waals surface area contributed by atoms with Gasteiger partial charge in [0.05, 0.1) is 11.8 Å². The Morgan fingerprint density at radius 3 is 2.48 bits per heavy atom. The summed E-state index contributed by atoms with van der Waals surface area (Å²) < 4.78 is 6.53. The van der Waals surface area contributed by atoms with Gasteiger partial charge in [0.1, 0.15) is 17.1 Å². The molecule has 1 aromatic rings. The number of nitrogen functional groups attached to an aromatic ring is 1. The van der Waals surface area contributed by atoms with Gasteiger partial charge < -0.3 is 25.9 Å². The number of hydrogen-bond acceptors (Lipinski definition) is 6. The summed E-state index contributed by atoms with van der Waals surface area (Å²) in [6, 6.07) is 0. The number of carbonyl (C=O) groups excluding carboxylic acids is 2. The fraction of sp³-hybridized carbons (Fsp3) is 0.688. The molecular weight excluding hydrogens is 326 g/mol. The summed E-state index contributed by atoms with van der Waals surface area (Å²) in [6.45, 7) is 7.94. The number of nitrogens with two attached hydrogens (primary N) is 1. The maximum absolute atomic E-state index is 12.1. The van der Waals surface area contributed by atoms with Crippen LogP contribution in [-0.2, 0) is 4.74 Å². The molecule has 0 saturated carbocycles. The minimum Gasteiger partial charge on any atom is -0.444 e. The molecule has 0 atom stereocenters. The lowest BCUT2D eigenvalue weighted by molar-refractivity contribution is -0.0303. The molecule has 1 saturated heterocycles. The second-order valence-corrected chi connectivity index (χ2v) is 7.44. The van der Waals surface area contributed by atoms with E-state index in [4.69, 9.17) is 10.6 Å². The second-order valence-electron chi connectivity index (χ2n) is 7.44. The topological polar surface area (TPSA) is 123 Å². The number of carbonyl (C=O) groups is 2. The molecule has 4 N–H and O–H groups in total. The molecule has 1 aromatic heterocycles. The smallest absolute Gasteiger partial charge is 0.410 e. The number of ether oxygens (including phenoxy) is 1. The van der Waals surface area contributed by atoms with Crippen LogP contribution >= 0.6 is 0 Å². The summed E-state index contributed by atoms with van der Waals surface area (Å²) >= 11 is 0. The Hall–Kier alpha value is -2.29. The molecule has 9 nitrogen and oxygen atoms in total. The predicted molar refractivity (Wildman–Crippen MR) is 91.4 cm³/mol. The highest BCUT2D eigenvalue weighted by molar-refractivity contribution is 5.92. The standard InChI is InChI=1S/C16H27N5O4/c1-11-18-9-12(21(11)17)13(22)19-10-16(24)5-7-20(8-6-16)14(23)25-15(2,3)4/h9,24H,5-8,10,17H2,1-4H3,(H,19,22). The minimum atomic E-state index is -1.07. The molecule has 0 unspecified atom stereocenters. The molecule has 0 spiro atoms. The molecule has 140 valence electrons. The first-order valence-electron chi connectivity index (χ1n) is 8.29. The Balaban J connectivity index is 1.85. The Bertz CT molecular complexity index is 641. The van der Waals surface area contributed by atoms with Gasteiger partial charge in [0.2, 0.25) is 0 Å². The van der Waals surface area contributed by atoms with E-state index in [1.54, 1.807) is 11.8 Å². The van der Waals surface area contributed by atoms with Gasteiger partial charge in [0, 0.05) is 19.6 Å². The van der Waals surface area contributed by atoms with Gasteiger partial charge in [-0.05, 0) is 40.5 Å². The molecule has 0 bridgehead atoms. The van der Waals surface area contributed by atoms with Gasteiger partial charge in [-0.3, -0.25) is 4.79 Å². The lowest BCUT2D eigenvalue weighted by Gasteiger charge is -2.38. The van der Waals surface area contributed by atoms with Gasteiger partial charge in [0.25, 0.3) is 5.91 Å². The molecule has 0 aliphatic carbocycles. The molecule has 9 heteroatoms. The van der Waals surface area contributed by atoms with Crippen molar-refractivity contribution in [3.63, 3.8) is 0 Å². The van der Waals surface area contributed by atoms with Crippen LogP contribution in [0.1, 0.15) is 49.9 Å². The Morgan fingerprint density at radius 2 is 2.00 bits per heavy atom. The highest BCUT2D eigenvalue weighted by Crippen LogP contribution is 2.23. The summed E-state index contributed by atoms with van der Waals surface area (Å²) in [4.78, 5) is 29.7. The van der Waals surface area contributed by atoms with Crippen LogP contribution in [0.5, 0.6) is 0 Å². The van der Waals surface area contributed by atoms with Gasteiger partial charge in [-0.2, -0.15) is 0 Å². The van der Waals surface area contributed by atoms with Crippen molar-refractivity contribution in [2.75, 3.05) is 25.5 Å². The van der Waals surface area contributed by atoms with Crippen molar-refractivity contribution in [3.8, 4) is 0 Å². The predicted octanol–water partition coefficient (Wildman–Crippen LogP) is 0.397. The first-order chi connectivity index (χ1) is 11.5. The van der Waals surface area contributed by atoms with E-state index in [1.165, 1.54) is 10.9 Å². The Morgan fingerprint density at radius 1 is 1.40 bits per heavy atom. The zero-order valence-corrected chi connectivity index (χ0v) is 15.2. The number of aromatic nitrogens is 2. The van der Waals surface area contributed by atoms with E-state index >= 15 is 0 Å². The zero-order valence-electron chi connectivity index (χ0n) is 15.2. The van der Waals surface area contributed by atoms with Crippen LogP contribution in [0.2, 0.25) is 0 Å². The van der Waals surface area contributed by atoms with E-state index in [0.29, 0.717) is 31.8 Å². The quantitative estimate of drug-likeness (QED) is 0.676. The normalized spacial score (nSPS) is 17.2. The third-order valence-electron chi connectivity index (χ3n) is 4.14. The minimum absolute atomic E-state index is 0.0816. The first-order valence-corrected chi connectivity index (χ1v) is 8.29.